The Kier molecular flexibility index (Phi) is 2.34. The van der Waals surface area contributed by atoms with Gasteiger partial charge in [-0.3, -0.25) is 0 Å². The van der Waals surface area contributed by atoms with Crippen molar-refractivity contribution in [3.63, 3.8) is 0 Å². The van der Waals surface area contributed by atoms with Gasteiger partial charge in [-0.05, 0) is 30.8 Å². The molecule has 14 heavy (non-hydrogen) atoms. The maximum atomic E-state index is 3.43. The van der Waals surface area contributed by atoms with Crippen LogP contribution in [-0.2, 0) is 0 Å². The summed E-state index contributed by atoms with van der Waals surface area (Å²) in [6.07, 6.45) is 3.96. The van der Waals surface area contributed by atoms with Crippen LogP contribution in [0.5, 0.6) is 0 Å². The lowest BCUT2D eigenvalue weighted by Gasteiger charge is -2.28. The molecule has 2 heteroatoms. The molecule has 1 saturated carbocycles. The fraction of sp³-hybridized carbons (Fsp3) is 0.833. The summed E-state index contributed by atoms with van der Waals surface area (Å²) < 4.78 is 0. The third-order valence-corrected chi connectivity index (χ3v) is 3.99. The van der Waals surface area contributed by atoms with Crippen LogP contribution in [0.3, 0.4) is 0 Å². The van der Waals surface area contributed by atoms with Crippen LogP contribution in [0.2, 0.25) is 0 Å². The van der Waals surface area contributed by atoms with Crippen molar-refractivity contribution >= 4 is 0 Å². The highest BCUT2D eigenvalue weighted by Crippen LogP contribution is 2.59. The molecule has 2 nitrogen and oxygen atoms in total. The minimum absolute atomic E-state index is 0.517. The van der Waals surface area contributed by atoms with Gasteiger partial charge in [-0.2, -0.15) is 0 Å². The fourth-order valence-electron chi connectivity index (χ4n) is 2.81. The van der Waals surface area contributed by atoms with E-state index >= 15 is 0 Å². The molecular formula is C12H22N2. The van der Waals surface area contributed by atoms with Gasteiger partial charge in [-0.1, -0.05) is 20.8 Å². The molecule has 1 heterocycles. The van der Waals surface area contributed by atoms with Crippen LogP contribution >= 0.6 is 0 Å². The van der Waals surface area contributed by atoms with Crippen LogP contribution < -0.4 is 5.43 Å². The number of hydrazine groups is 1. The molecule has 0 aromatic rings. The van der Waals surface area contributed by atoms with Gasteiger partial charge in [0.2, 0.25) is 0 Å². The lowest BCUT2D eigenvalue weighted by Crippen LogP contribution is -2.32. The Labute approximate surface area is 87.3 Å². The van der Waals surface area contributed by atoms with E-state index in [1.165, 1.54) is 19.3 Å². The van der Waals surface area contributed by atoms with Crippen molar-refractivity contribution < 1.29 is 0 Å². The summed E-state index contributed by atoms with van der Waals surface area (Å²) in [5.74, 6) is 0.779. The van der Waals surface area contributed by atoms with E-state index in [0.29, 0.717) is 5.41 Å². The summed E-state index contributed by atoms with van der Waals surface area (Å²) in [6, 6.07) is 0. The molecule has 2 aliphatic rings. The first-order valence-corrected chi connectivity index (χ1v) is 5.81. The van der Waals surface area contributed by atoms with Gasteiger partial charge in [-0.15, -0.1) is 0 Å². The maximum absolute atomic E-state index is 3.43. The summed E-state index contributed by atoms with van der Waals surface area (Å²) in [5.41, 5.74) is 7.18. The lowest BCUT2D eigenvalue weighted by molar-refractivity contribution is 0.262. The van der Waals surface area contributed by atoms with E-state index in [-0.39, 0.29) is 0 Å². The average molecular weight is 194 g/mol. The van der Waals surface area contributed by atoms with Crippen molar-refractivity contribution in [3.8, 4) is 0 Å². The molecule has 0 spiro atoms. The van der Waals surface area contributed by atoms with E-state index < -0.39 is 0 Å². The molecule has 0 saturated heterocycles. The third-order valence-electron chi connectivity index (χ3n) is 3.99. The summed E-state index contributed by atoms with van der Waals surface area (Å²) >= 11 is 0. The second-order valence-electron chi connectivity index (χ2n) is 5.01. The molecule has 80 valence electrons. The molecular weight excluding hydrogens is 172 g/mol. The van der Waals surface area contributed by atoms with Gasteiger partial charge < -0.3 is 5.01 Å². The molecule has 0 bridgehead atoms. The monoisotopic (exact) mass is 194 g/mol. The van der Waals surface area contributed by atoms with Gasteiger partial charge in [0.15, 0.2) is 0 Å². The lowest BCUT2D eigenvalue weighted by atomic mass is 9.86. The van der Waals surface area contributed by atoms with Gasteiger partial charge in [-0.25, -0.2) is 5.43 Å². The van der Waals surface area contributed by atoms with E-state index in [1.807, 2.05) is 0 Å². The van der Waals surface area contributed by atoms with Crippen molar-refractivity contribution in [1.29, 1.82) is 0 Å². The molecule has 0 amide bonds. The first-order valence-electron chi connectivity index (χ1n) is 5.81. The van der Waals surface area contributed by atoms with E-state index in [1.54, 1.807) is 11.3 Å². The molecule has 1 aliphatic carbocycles. The van der Waals surface area contributed by atoms with Crippen LogP contribution in [0.1, 0.15) is 40.0 Å². The second kappa shape index (κ2) is 3.27. The zero-order valence-corrected chi connectivity index (χ0v) is 9.85. The highest BCUT2D eigenvalue weighted by atomic mass is 15.5. The fourth-order valence-corrected chi connectivity index (χ4v) is 2.81. The Morgan fingerprint density at radius 1 is 1.43 bits per heavy atom. The number of nitrogens with zero attached hydrogens (tertiary/aromatic N) is 1. The average Bonchev–Trinajstić information content (AvgIpc) is 2.86. The second-order valence-corrected chi connectivity index (χ2v) is 5.01. The van der Waals surface area contributed by atoms with Crippen molar-refractivity contribution in [3.05, 3.63) is 11.3 Å². The highest BCUT2D eigenvalue weighted by molar-refractivity contribution is 5.30. The Bertz CT molecular complexity index is 261. The summed E-state index contributed by atoms with van der Waals surface area (Å²) in [6.45, 7) is 8.06. The Balaban J connectivity index is 2.31. The Hall–Kier alpha value is -0.500. The summed E-state index contributed by atoms with van der Waals surface area (Å²) in [7, 11) is 2.17. The molecule has 0 aromatic heterocycles. The quantitative estimate of drug-likeness (QED) is 0.742. The van der Waals surface area contributed by atoms with Gasteiger partial charge in [0.25, 0.3) is 0 Å². The van der Waals surface area contributed by atoms with Crippen molar-refractivity contribution in [1.82, 2.24) is 10.4 Å². The predicted octanol–water partition coefficient (Wildman–Crippen LogP) is 2.54. The number of hydrogen-bond donors (Lipinski definition) is 1. The third kappa shape index (κ3) is 1.28. The van der Waals surface area contributed by atoms with Crippen LogP contribution in [0.15, 0.2) is 11.3 Å². The van der Waals surface area contributed by atoms with Crippen LogP contribution in [-0.4, -0.2) is 18.6 Å². The van der Waals surface area contributed by atoms with E-state index in [2.05, 4.69) is 38.3 Å². The zero-order chi connectivity index (χ0) is 10.3. The van der Waals surface area contributed by atoms with Crippen LogP contribution in [0.25, 0.3) is 0 Å². The Morgan fingerprint density at radius 2 is 2.07 bits per heavy atom. The predicted molar refractivity (Wildman–Crippen MR) is 59.6 cm³/mol. The highest BCUT2D eigenvalue weighted by Gasteiger charge is 2.51. The minimum Gasteiger partial charge on any atom is -0.315 e. The SMILES string of the molecule is CCC1=C(C2(C(C)C)CC2)N(C)NC1. The van der Waals surface area contributed by atoms with E-state index in [9.17, 15) is 0 Å². The number of rotatable bonds is 3. The number of nitrogens with one attached hydrogen (secondary N) is 1. The van der Waals surface area contributed by atoms with Gasteiger partial charge in [0, 0.05) is 24.7 Å². The van der Waals surface area contributed by atoms with E-state index in [4.69, 9.17) is 0 Å². The standard InChI is InChI=1S/C12H22N2/c1-5-10-8-13-14(4)11(10)12(6-7-12)9(2)3/h9,13H,5-8H2,1-4H3. The summed E-state index contributed by atoms with van der Waals surface area (Å²) in [5, 5.41) is 2.27. The number of hydrogen-bond acceptors (Lipinski definition) is 2. The van der Waals surface area contributed by atoms with Crippen molar-refractivity contribution in [2.45, 2.75) is 40.0 Å². The zero-order valence-electron chi connectivity index (χ0n) is 9.85. The largest absolute Gasteiger partial charge is 0.315 e. The molecule has 0 radical (unpaired) electrons. The molecule has 0 atom stereocenters. The topological polar surface area (TPSA) is 15.3 Å². The minimum atomic E-state index is 0.517. The number of allylic oxidation sites excluding steroid dienone is 1. The van der Waals surface area contributed by atoms with Gasteiger partial charge in [0.1, 0.15) is 0 Å². The molecule has 1 N–H and O–H groups in total. The van der Waals surface area contributed by atoms with Crippen molar-refractivity contribution in [2.75, 3.05) is 13.6 Å². The summed E-state index contributed by atoms with van der Waals surface area (Å²) in [4.78, 5) is 0. The van der Waals surface area contributed by atoms with Gasteiger partial charge >= 0.3 is 0 Å². The van der Waals surface area contributed by atoms with Crippen LogP contribution in [0, 0.1) is 11.3 Å². The van der Waals surface area contributed by atoms with Gasteiger partial charge in [0.05, 0.1) is 0 Å². The molecule has 0 aromatic carbocycles. The van der Waals surface area contributed by atoms with Crippen LogP contribution in [0.4, 0.5) is 0 Å². The molecule has 2 rings (SSSR count). The molecule has 1 fully saturated rings. The maximum Gasteiger partial charge on any atom is 0.0380 e. The smallest absolute Gasteiger partial charge is 0.0380 e. The molecule has 1 aliphatic heterocycles. The normalized spacial score (nSPS) is 25.1. The Morgan fingerprint density at radius 3 is 2.50 bits per heavy atom. The van der Waals surface area contributed by atoms with Crippen molar-refractivity contribution in [2.24, 2.45) is 11.3 Å². The first-order chi connectivity index (χ1) is 6.62. The van der Waals surface area contributed by atoms with E-state index in [0.717, 1.165) is 12.5 Å². The first kappa shape index (κ1) is 10.0. The molecule has 0 unspecified atom stereocenters.